The number of amides is 1. The van der Waals surface area contributed by atoms with Crippen molar-refractivity contribution >= 4 is 22.6 Å². The van der Waals surface area contributed by atoms with E-state index in [0.29, 0.717) is 25.9 Å². The highest BCUT2D eigenvalue weighted by molar-refractivity contribution is 5.86. The van der Waals surface area contributed by atoms with E-state index in [1.807, 2.05) is 42.5 Å². The van der Waals surface area contributed by atoms with Crippen LogP contribution in [0.4, 0.5) is 0 Å². The van der Waals surface area contributed by atoms with E-state index in [1.54, 1.807) is 11.8 Å². The van der Waals surface area contributed by atoms with Gasteiger partial charge in [0.05, 0.1) is 11.8 Å². The van der Waals surface area contributed by atoms with Crippen LogP contribution < -0.4 is 0 Å². The number of carbonyl (C=O) groups is 2. The number of rotatable bonds is 3. The molecule has 3 rings (SSSR count). The standard InChI is InChI=1S/C19H21NO3/c1-19(18(22)23)9-4-10-20(13-19)17(21)12-14-7-8-15-5-2-3-6-16(15)11-14/h2-3,5-8,11H,4,9-10,12-13H2,1H3,(H,22,23). The summed E-state index contributed by atoms with van der Waals surface area (Å²) in [5, 5.41) is 11.6. The number of hydrogen-bond donors (Lipinski definition) is 1. The van der Waals surface area contributed by atoms with Crippen LogP contribution in [-0.4, -0.2) is 35.0 Å². The number of nitrogens with zero attached hydrogens (tertiary/aromatic N) is 1. The maximum Gasteiger partial charge on any atom is 0.311 e. The van der Waals surface area contributed by atoms with Gasteiger partial charge in [-0.3, -0.25) is 9.59 Å². The molecule has 0 saturated carbocycles. The van der Waals surface area contributed by atoms with Crippen molar-refractivity contribution in [2.45, 2.75) is 26.2 Å². The van der Waals surface area contributed by atoms with E-state index >= 15 is 0 Å². The predicted octanol–water partition coefficient (Wildman–Crippen LogP) is 3.10. The van der Waals surface area contributed by atoms with Crippen LogP contribution in [0.2, 0.25) is 0 Å². The fraction of sp³-hybridized carbons (Fsp3) is 0.368. The molecule has 23 heavy (non-hydrogen) atoms. The number of carboxylic acids is 1. The van der Waals surface area contributed by atoms with Gasteiger partial charge in [-0.15, -0.1) is 0 Å². The van der Waals surface area contributed by atoms with Gasteiger partial charge in [-0.1, -0.05) is 42.5 Å². The summed E-state index contributed by atoms with van der Waals surface area (Å²) >= 11 is 0. The monoisotopic (exact) mass is 311 g/mol. The fourth-order valence-corrected chi connectivity index (χ4v) is 3.26. The molecule has 1 N–H and O–H groups in total. The van der Waals surface area contributed by atoms with E-state index in [9.17, 15) is 14.7 Å². The Morgan fingerprint density at radius 3 is 2.65 bits per heavy atom. The van der Waals surface area contributed by atoms with Gasteiger partial charge in [0.2, 0.25) is 5.91 Å². The molecule has 1 aliphatic heterocycles. The van der Waals surface area contributed by atoms with Crippen molar-refractivity contribution in [3.8, 4) is 0 Å². The first kappa shape index (κ1) is 15.5. The van der Waals surface area contributed by atoms with Crippen LogP contribution in [-0.2, 0) is 16.0 Å². The molecule has 0 bridgehead atoms. The lowest BCUT2D eigenvalue weighted by molar-refractivity contribution is -0.153. The molecule has 1 heterocycles. The zero-order valence-electron chi connectivity index (χ0n) is 13.3. The summed E-state index contributed by atoms with van der Waals surface area (Å²) in [6, 6.07) is 14.1. The highest BCUT2D eigenvalue weighted by Crippen LogP contribution is 2.30. The second-order valence-electron chi connectivity index (χ2n) is 6.64. The third kappa shape index (κ3) is 3.21. The molecule has 4 heteroatoms. The summed E-state index contributed by atoms with van der Waals surface area (Å²) in [7, 11) is 0. The Morgan fingerprint density at radius 1 is 1.17 bits per heavy atom. The third-order valence-corrected chi connectivity index (χ3v) is 4.73. The van der Waals surface area contributed by atoms with Crippen molar-refractivity contribution in [1.82, 2.24) is 4.90 Å². The number of likely N-dealkylation sites (tertiary alicyclic amines) is 1. The number of fused-ring (bicyclic) bond motifs is 1. The predicted molar refractivity (Wildman–Crippen MR) is 89.2 cm³/mol. The minimum atomic E-state index is -0.822. The van der Waals surface area contributed by atoms with Crippen LogP contribution in [0.3, 0.4) is 0 Å². The molecule has 1 atom stereocenters. The van der Waals surface area contributed by atoms with Crippen LogP contribution in [0.5, 0.6) is 0 Å². The molecular formula is C19H21NO3. The lowest BCUT2D eigenvalue weighted by Gasteiger charge is -2.37. The number of carbonyl (C=O) groups excluding carboxylic acids is 1. The van der Waals surface area contributed by atoms with Crippen molar-refractivity contribution < 1.29 is 14.7 Å². The highest BCUT2D eigenvalue weighted by Gasteiger charge is 2.39. The van der Waals surface area contributed by atoms with E-state index in [4.69, 9.17) is 0 Å². The number of hydrogen-bond acceptors (Lipinski definition) is 2. The van der Waals surface area contributed by atoms with Gasteiger partial charge in [0.25, 0.3) is 0 Å². The van der Waals surface area contributed by atoms with Crippen molar-refractivity contribution in [2.24, 2.45) is 5.41 Å². The van der Waals surface area contributed by atoms with Gasteiger partial charge in [-0.05, 0) is 36.1 Å². The van der Waals surface area contributed by atoms with Crippen LogP contribution in [0.15, 0.2) is 42.5 Å². The van der Waals surface area contributed by atoms with Gasteiger partial charge in [-0.2, -0.15) is 0 Å². The maximum atomic E-state index is 12.5. The minimum Gasteiger partial charge on any atom is -0.481 e. The molecule has 0 aliphatic carbocycles. The average Bonchev–Trinajstić information content (AvgIpc) is 2.54. The fourth-order valence-electron chi connectivity index (χ4n) is 3.26. The van der Waals surface area contributed by atoms with Crippen molar-refractivity contribution in [2.75, 3.05) is 13.1 Å². The Morgan fingerprint density at radius 2 is 1.91 bits per heavy atom. The first-order valence-electron chi connectivity index (χ1n) is 7.97. The van der Waals surface area contributed by atoms with Crippen molar-refractivity contribution in [3.05, 3.63) is 48.0 Å². The highest BCUT2D eigenvalue weighted by atomic mass is 16.4. The van der Waals surface area contributed by atoms with Gasteiger partial charge in [0.1, 0.15) is 0 Å². The quantitative estimate of drug-likeness (QED) is 0.947. The largest absolute Gasteiger partial charge is 0.481 e. The molecule has 120 valence electrons. The molecule has 1 fully saturated rings. The first-order valence-corrected chi connectivity index (χ1v) is 7.97. The minimum absolute atomic E-state index is 0.00690. The number of aliphatic carboxylic acids is 1. The lowest BCUT2D eigenvalue weighted by Crippen LogP contribution is -2.48. The molecule has 1 aliphatic rings. The Kier molecular flexibility index (Phi) is 4.07. The third-order valence-electron chi connectivity index (χ3n) is 4.73. The van der Waals surface area contributed by atoms with Crippen LogP contribution in [0.1, 0.15) is 25.3 Å². The van der Waals surface area contributed by atoms with Gasteiger partial charge >= 0.3 is 5.97 Å². The second-order valence-corrected chi connectivity index (χ2v) is 6.64. The van der Waals surface area contributed by atoms with Crippen LogP contribution in [0, 0.1) is 5.41 Å². The summed E-state index contributed by atoms with van der Waals surface area (Å²) < 4.78 is 0. The molecule has 0 spiro atoms. The Labute approximate surface area is 135 Å². The van der Waals surface area contributed by atoms with E-state index in [-0.39, 0.29) is 5.91 Å². The number of piperidine rings is 1. The van der Waals surface area contributed by atoms with E-state index in [2.05, 4.69) is 0 Å². The molecule has 0 radical (unpaired) electrons. The Hall–Kier alpha value is -2.36. The zero-order valence-corrected chi connectivity index (χ0v) is 13.3. The SMILES string of the molecule is CC1(C(=O)O)CCCN(C(=O)Cc2ccc3ccccc3c2)C1. The molecule has 1 saturated heterocycles. The number of benzene rings is 2. The van der Waals surface area contributed by atoms with Gasteiger partial charge < -0.3 is 10.0 Å². The van der Waals surface area contributed by atoms with Crippen molar-refractivity contribution in [1.29, 1.82) is 0 Å². The van der Waals surface area contributed by atoms with Gasteiger partial charge in [0, 0.05) is 13.1 Å². The van der Waals surface area contributed by atoms with Gasteiger partial charge in [0.15, 0.2) is 0 Å². The lowest BCUT2D eigenvalue weighted by atomic mass is 9.82. The maximum absolute atomic E-state index is 12.5. The van der Waals surface area contributed by atoms with Crippen molar-refractivity contribution in [3.63, 3.8) is 0 Å². The van der Waals surface area contributed by atoms with E-state index < -0.39 is 11.4 Å². The van der Waals surface area contributed by atoms with Crippen LogP contribution in [0.25, 0.3) is 10.8 Å². The van der Waals surface area contributed by atoms with E-state index in [1.165, 1.54) is 0 Å². The molecule has 2 aromatic rings. The molecular weight excluding hydrogens is 290 g/mol. The second kappa shape index (κ2) is 6.03. The Bertz CT molecular complexity index is 755. The summed E-state index contributed by atoms with van der Waals surface area (Å²) in [4.78, 5) is 25.7. The number of carboxylic acid groups (broad SMARTS) is 1. The average molecular weight is 311 g/mol. The summed E-state index contributed by atoms with van der Waals surface area (Å²) in [5.41, 5.74) is 0.147. The summed E-state index contributed by atoms with van der Waals surface area (Å²) in [6.07, 6.45) is 1.69. The van der Waals surface area contributed by atoms with Gasteiger partial charge in [-0.25, -0.2) is 0 Å². The molecule has 1 amide bonds. The first-order chi connectivity index (χ1) is 11.0. The molecule has 1 unspecified atom stereocenters. The Balaban J connectivity index is 1.74. The van der Waals surface area contributed by atoms with Crippen LogP contribution >= 0.6 is 0 Å². The smallest absolute Gasteiger partial charge is 0.311 e. The van der Waals surface area contributed by atoms with E-state index in [0.717, 1.165) is 22.8 Å². The summed E-state index contributed by atoms with van der Waals surface area (Å²) in [5.74, 6) is -0.812. The topological polar surface area (TPSA) is 57.6 Å². The normalized spacial score (nSPS) is 21.3. The zero-order chi connectivity index (χ0) is 16.4. The molecule has 4 nitrogen and oxygen atoms in total. The summed E-state index contributed by atoms with van der Waals surface area (Å²) in [6.45, 7) is 2.68. The molecule has 0 aromatic heterocycles. The molecule has 2 aromatic carbocycles.